The number of rotatable bonds is 8. The molecule has 1 aromatic heterocycles. The van der Waals surface area contributed by atoms with Gasteiger partial charge in [-0.15, -0.1) is 0 Å². The first-order chi connectivity index (χ1) is 19.9. The van der Waals surface area contributed by atoms with Crippen molar-refractivity contribution in [3.8, 4) is 6.19 Å². The first kappa shape index (κ1) is 34.0. The third kappa shape index (κ3) is 9.25. The summed E-state index contributed by atoms with van der Waals surface area (Å²) in [5.41, 5.74) is 0.686. The molecule has 2 saturated heterocycles. The molecular weight excluding hydrogens is 597 g/mol. The van der Waals surface area contributed by atoms with Gasteiger partial charge in [-0.2, -0.15) is 5.26 Å². The number of amides is 1. The maximum atomic E-state index is 13.3. The second-order valence-electron chi connectivity index (χ2n) is 10.7. The molecular formula is C28H36F5N5O4S. The number of halogens is 5. The van der Waals surface area contributed by atoms with Crippen molar-refractivity contribution in [2.75, 3.05) is 25.6 Å². The van der Waals surface area contributed by atoms with Crippen LogP contribution in [0.15, 0.2) is 53.7 Å². The lowest BCUT2D eigenvalue weighted by molar-refractivity contribution is -0.125. The minimum atomic E-state index is -9.78. The Morgan fingerprint density at radius 2 is 1.79 bits per heavy atom. The number of nitrogens with zero attached hydrogens (tertiary/aromatic N) is 4. The van der Waals surface area contributed by atoms with E-state index in [2.05, 4.69) is 10.3 Å². The largest absolute Gasteiger partial charge is 0.379 e. The molecule has 2 aliphatic rings. The quantitative estimate of drug-likeness (QED) is 0.223. The van der Waals surface area contributed by atoms with Crippen LogP contribution in [0.3, 0.4) is 0 Å². The standard InChI is InChI=1S/C21H26F5N3O2S.C7H10N2O2/c1-14-11-17(12-15(2)31-14)28-21(30)20(16-5-4-10-27-13-16)29(3)18-6-8-19(9-7-18)32(22,23,24,25)26;1-11-7-2-6(4-10)9(3-7)5-8/h4-10,13-15,17,20H,11-12H2,1-3H3,(H,28,30);4,6-7H,2-3H2,1H3. The smallest absolute Gasteiger partial charge is 0.310 e. The number of nitriles is 1. The predicted molar refractivity (Wildman–Crippen MR) is 152 cm³/mol. The van der Waals surface area contributed by atoms with E-state index in [4.69, 9.17) is 14.7 Å². The van der Waals surface area contributed by atoms with Crippen LogP contribution in [-0.4, -0.2) is 73.2 Å². The van der Waals surface area contributed by atoms with E-state index >= 15 is 0 Å². The molecule has 1 N–H and O–H groups in total. The highest BCUT2D eigenvalue weighted by molar-refractivity contribution is 8.45. The van der Waals surface area contributed by atoms with Gasteiger partial charge in [0.25, 0.3) is 0 Å². The van der Waals surface area contributed by atoms with E-state index in [1.54, 1.807) is 19.2 Å². The van der Waals surface area contributed by atoms with Crippen LogP contribution in [0.2, 0.25) is 0 Å². The summed E-state index contributed by atoms with van der Waals surface area (Å²) < 4.78 is 76.0. The van der Waals surface area contributed by atoms with Gasteiger partial charge < -0.3 is 24.5 Å². The lowest BCUT2D eigenvalue weighted by atomic mass is 9.98. The highest BCUT2D eigenvalue weighted by atomic mass is 32.5. The zero-order valence-electron chi connectivity index (χ0n) is 24.2. The summed E-state index contributed by atoms with van der Waals surface area (Å²) in [6.45, 7) is 4.37. The SMILES string of the molecule is CC1CC(NC(=O)C(c2cccnc2)N(C)c2ccc(S(F)(F)(F)(F)F)cc2)CC(C)O1.COC1CC(C=O)N(C#N)C1. The maximum absolute atomic E-state index is 13.3. The number of anilines is 1. The molecule has 0 spiro atoms. The van der Waals surface area contributed by atoms with Crippen molar-refractivity contribution in [1.29, 1.82) is 5.26 Å². The molecule has 238 valence electrons. The topological polar surface area (TPSA) is 108 Å². The first-order valence-corrected chi connectivity index (χ1v) is 15.5. The zero-order chi connectivity index (χ0) is 32.1. The van der Waals surface area contributed by atoms with Crippen LogP contribution in [0.5, 0.6) is 0 Å². The highest BCUT2D eigenvalue weighted by Gasteiger charge is 2.65. The van der Waals surface area contributed by atoms with Gasteiger partial charge in [0.15, 0.2) is 6.19 Å². The molecule has 15 heteroatoms. The van der Waals surface area contributed by atoms with E-state index in [-0.39, 0.29) is 42.0 Å². The van der Waals surface area contributed by atoms with Crippen LogP contribution in [-0.2, 0) is 19.1 Å². The molecule has 0 aliphatic carbocycles. The molecule has 43 heavy (non-hydrogen) atoms. The molecule has 1 amide bonds. The molecule has 5 unspecified atom stereocenters. The Labute approximate surface area is 247 Å². The van der Waals surface area contributed by atoms with Gasteiger partial charge in [0, 0.05) is 50.3 Å². The van der Waals surface area contributed by atoms with Gasteiger partial charge in [0.2, 0.25) is 5.91 Å². The normalized spacial score (nSPS) is 26.0. The lowest BCUT2D eigenvalue weighted by Crippen LogP contribution is -2.48. The number of hydrogen-bond acceptors (Lipinski definition) is 8. The predicted octanol–water partition coefficient (Wildman–Crippen LogP) is 5.74. The number of aldehydes is 1. The van der Waals surface area contributed by atoms with E-state index in [0.717, 1.165) is 18.4 Å². The van der Waals surface area contributed by atoms with Crippen molar-refractivity contribution in [3.63, 3.8) is 0 Å². The fraction of sp³-hybridized carbons (Fsp3) is 0.500. The van der Waals surface area contributed by atoms with Gasteiger partial charge in [0.1, 0.15) is 17.2 Å². The molecule has 9 nitrogen and oxygen atoms in total. The maximum Gasteiger partial charge on any atom is 0.310 e. The number of likely N-dealkylation sites (tertiary alicyclic amines) is 1. The van der Waals surface area contributed by atoms with E-state index in [1.807, 2.05) is 20.0 Å². The van der Waals surface area contributed by atoms with Crippen LogP contribution in [0, 0.1) is 11.5 Å². The van der Waals surface area contributed by atoms with Gasteiger partial charge in [-0.05, 0) is 57.0 Å². The van der Waals surface area contributed by atoms with Crippen molar-refractivity contribution in [3.05, 3.63) is 54.4 Å². The van der Waals surface area contributed by atoms with Crippen molar-refractivity contribution in [1.82, 2.24) is 15.2 Å². The Bertz CT molecular complexity index is 1290. The van der Waals surface area contributed by atoms with E-state index in [0.29, 0.717) is 43.5 Å². The summed E-state index contributed by atoms with van der Waals surface area (Å²) in [5.74, 6) is -0.372. The van der Waals surface area contributed by atoms with Crippen LogP contribution in [0.4, 0.5) is 25.1 Å². The lowest BCUT2D eigenvalue weighted by Gasteiger charge is -2.40. The molecule has 3 heterocycles. The van der Waals surface area contributed by atoms with Crippen molar-refractivity contribution >= 4 is 28.1 Å². The minimum Gasteiger partial charge on any atom is -0.379 e. The number of carbonyl (C=O) groups excluding carboxylic acids is 2. The minimum absolute atomic E-state index is 0.0295. The monoisotopic (exact) mass is 633 g/mol. The molecule has 0 radical (unpaired) electrons. The van der Waals surface area contributed by atoms with E-state index in [1.165, 1.54) is 29.2 Å². The number of aromatic nitrogens is 1. The fourth-order valence-electron chi connectivity index (χ4n) is 5.22. The molecule has 2 aromatic rings. The zero-order valence-corrected chi connectivity index (χ0v) is 25.0. The molecule has 0 bridgehead atoms. The van der Waals surface area contributed by atoms with Gasteiger partial charge in [0.05, 0.1) is 30.9 Å². The van der Waals surface area contributed by atoms with E-state index < -0.39 is 21.2 Å². The Morgan fingerprint density at radius 1 is 1.16 bits per heavy atom. The van der Waals surface area contributed by atoms with Crippen LogP contribution in [0.25, 0.3) is 0 Å². The summed E-state index contributed by atoms with van der Waals surface area (Å²) in [6, 6.07) is 4.52. The average molecular weight is 634 g/mol. The number of likely N-dealkylation sites (N-methyl/N-ethyl adjacent to an activating group) is 1. The summed E-state index contributed by atoms with van der Waals surface area (Å²) >= 11 is 0. The Balaban J connectivity index is 0.000000386. The average Bonchev–Trinajstić information content (AvgIpc) is 3.35. The first-order valence-electron chi connectivity index (χ1n) is 13.5. The van der Waals surface area contributed by atoms with Crippen LogP contribution < -0.4 is 10.2 Å². The number of benzene rings is 1. The number of methoxy groups -OCH3 is 1. The van der Waals surface area contributed by atoms with Crippen LogP contribution in [0.1, 0.15) is 44.7 Å². The third-order valence-corrected chi connectivity index (χ3v) is 8.46. The molecule has 1 aromatic carbocycles. The summed E-state index contributed by atoms with van der Waals surface area (Å²) in [4.78, 5) is 28.6. The Kier molecular flexibility index (Phi) is 9.99. The molecule has 2 aliphatic heterocycles. The van der Waals surface area contributed by atoms with Crippen molar-refractivity contribution in [2.24, 2.45) is 0 Å². The molecule has 2 fully saturated rings. The number of pyridine rings is 1. The number of ether oxygens (including phenoxy) is 2. The van der Waals surface area contributed by atoms with Crippen molar-refractivity contribution in [2.45, 2.75) is 74.4 Å². The number of carbonyl (C=O) groups is 2. The summed E-state index contributed by atoms with van der Waals surface area (Å²) in [7, 11) is -6.67. The second-order valence-corrected chi connectivity index (χ2v) is 13.2. The van der Waals surface area contributed by atoms with Crippen LogP contribution >= 0.6 is 10.2 Å². The summed E-state index contributed by atoms with van der Waals surface area (Å²) in [5, 5.41) is 11.5. The van der Waals surface area contributed by atoms with Crippen molar-refractivity contribution < 1.29 is 38.5 Å². The Hall–Kier alpha value is -3.48. The highest BCUT2D eigenvalue weighted by Crippen LogP contribution is 3.02. The number of nitrogens with one attached hydrogen (secondary N) is 1. The second kappa shape index (κ2) is 12.6. The molecule has 5 atom stereocenters. The van der Waals surface area contributed by atoms with Gasteiger partial charge in [-0.25, -0.2) is 0 Å². The fourth-order valence-corrected chi connectivity index (χ4v) is 5.87. The molecule has 0 saturated carbocycles. The summed E-state index contributed by atoms with van der Waals surface area (Å²) in [6.07, 6.45) is 7.61. The van der Waals surface area contributed by atoms with Gasteiger partial charge in [-0.3, -0.25) is 14.7 Å². The third-order valence-electron chi connectivity index (χ3n) is 7.29. The Morgan fingerprint density at radius 3 is 2.26 bits per heavy atom. The van der Waals surface area contributed by atoms with Gasteiger partial charge in [-0.1, -0.05) is 25.5 Å². The van der Waals surface area contributed by atoms with Gasteiger partial charge >= 0.3 is 10.2 Å². The molecule has 4 rings (SSSR count). The number of hydrogen-bond donors (Lipinski definition) is 1. The van der Waals surface area contributed by atoms with E-state index in [9.17, 15) is 29.0 Å².